The van der Waals surface area contributed by atoms with Crippen LogP contribution in [0.25, 0.3) is 5.57 Å². The van der Waals surface area contributed by atoms with Crippen LogP contribution in [0, 0.1) is 19.3 Å². The summed E-state index contributed by atoms with van der Waals surface area (Å²) >= 11 is 0. The van der Waals surface area contributed by atoms with Crippen molar-refractivity contribution in [1.29, 1.82) is 0 Å². The predicted octanol–water partition coefficient (Wildman–Crippen LogP) is 4.08. The first-order valence-corrected chi connectivity index (χ1v) is 6.71. The number of methoxy groups -OCH3 is 1. The number of aryl methyl sites for hydroxylation is 2. The first-order valence-electron chi connectivity index (χ1n) is 6.71. The summed E-state index contributed by atoms with van der Waals surface area (Å²) in [7, 11) is 1.69. The topological polar surface area (TPSA) is 26.3 Å². The van der Waals surface area contributed by atoms with Crippen LogP contribution >= 0.6 is 0 Å². The van der Waals surface area contributed by atoms with E-state index < -0.39 is 0 Å². The van der Waals surface area contributed by atoms with Gasteiger partial charge in [-0.25, -0.2) is 0 Å². The van der Waals surface area contributed by atoms with E-state index in [1.807, 2.05) is 13.0 Å². The Labute approximate surface area is 115 Å². The molecule has 0 saturated carbocycles. The van der Waals surface area contributed by atoms with Gasteiger partial charge in [0.05, 0.1) is 7.11 Å². The van der Waals surface area contributed by atoms with Crippen LogP contribution in [0.1, 0.15) is 43.4 Å². The van der Waals surface area contributed by atoms with Gasteiger partial charge in [0.1, 0.15) is 5.75 Å². The van der Waals surface area contributed by atoms with E-state index in [4.69, 9.17) is 4.74 Å². The maximum atomic E-state index is 11.9. The average molecular weight is 258 g/mol. The highest BCUT2D eigenvalue weighted by Crippen LogP contribution is 2.40. The molecule has 2 nitrogen and oxygen atoms in total. The largest absolute Gasteiger partial charge is 0.496 e. The van der Waals surface area contributed by atoms with Crippen molar-refractivity contribution in [3.05, 3.63) is 34.9 Å². The third-order valence-electron chi connectivity index (χ3n) is 3.74. The Balaban J connectivity index is 2.48. The smallest absolute Gasteiger partial charge is 0.156 e. The summed E-state index contributed by atoms with van der Waals surface area (Å²) in [5.41, 5.74) is 4.67. The molecule has 19 heavy (non-hydrogen) atoms. The number of hydrogen-bond donors (Lipinski definition) is 0. The van der Waals surface area contributed by atoms with Gasteiger partial charge in [-0.3, -0.25) is 4.79 Å². The van der Waals surface area contributed by atoms with Crippen molar-refractivity contribution in [2.75, 3.05) is 7.11 Å². The number of carbonyl (C=O) groups is 1. The lowest BCUT2D eigenvalue weighted by Gasteiger charge is -2.29. The van der Waals surface area contributed by atoms with Gasteiger partial charge in [-0.05, 0) is 66.2 Å². The van der Waals surface area contributed by atoms with Gasteiger partial charge in [-0.2, -0.15) is 0 Å². The number of rotatable bonds is 2. The normalized spacial score (nSPS) is 18.2. The Morgan fingerprint density at radius 2 is 1.79 bits per heavy atom. The van der Waals surface area contributed by atoms with Gasteiger partial charge in [-0.15, -0.1) is 0 Å². The molecule has 0 radical (unpaired) electrons. The molecule has 102 valence electrons. The van der Waals surface area contributed by atoms with Crippen molar-refractivity contribution < 1.29 is 9.53 Å². The molecule has 0 atom stereocenters. The third kappa shape index (κ3) is 2.89. The van der Waals surface area contributed by atoms with Crippen molar-refractivity contribution in [1.82, 2.24) is 0 Å². The molecule has 0 N–H and O–H groups in total. The van der Waals surface area contributed by atoms with E-state index in [2.05, 4.69) is 32.9 Å². The number of allylic oxidation sites excluding steroid dienone is 2. The van der Waals surface area contributed by atoms with Crippen LogP contribution in [0.2, 0.25) is 0 Å². The van der Waals surface area contributed by atoms with Crippen LogP contribution < -0.4 is 4.74 Å². The first kappa shape index (κ1) is 13.9. The van der Waals surface area contributed by atoms with Gasteiger partial charge < -0.3 is 4.74 Å². The number of carbonyl (C=O) groups excluding carboxylic acids is 1. The zero-order chi connectivity index (χ0) is 14.2. The molecule has 0 fully saturated rings. The van der Waals surface area contributed by atoms with Gasteiger partial charge in [-0.1, -0.05) is 13.8 Å². The molecule has 1 aliphatic carbocycles. The zero-order valence-corrected chi connectivity index (χ0v) is 12.5. The van der Waals surface area contributed by atoms with E-state index >= 15 is 0 Å². The molecular formula is C17H22O2. The first-order chi connectivity index (χ1) is 8.82. The van der Waals surface area contributed by atoms with Crippen LogP contribution in [0.15, 0.2) is 18.2 Å². The second-order valence-electron chi connectivity index (χ2n) is 6.29. The van der Waals surface area contributed by atoms with E-state index in [1.165, 1.54) is 11.1 Å². The van der Waals surface area contributed by atoms with E-state index in [0.717, 1.165) is 23.3 Å². The Hall–Kier alpha value is -1.57. The summed E-state index contributed by atoms with van der Waals surface area (Å²) in [4.78, 5) is 11.9. The standard InChI is InChI=1S/C17H22O2/c1-11-7-16(19-5)12(2)6-15(11)13-8-14(18)10-17(3,4)9-13/h6-8H,9-10H2,1-5H3. The van der Waals surface area contributed by atoms with E-state index in [-0.39, 0.29) is 11.2 Å². The number of hydrogen-bond acceptors (Lipinski definition) is 2. The van der Waals surface area contributed by atoms with Crippen molar-refractivity contribution in [3.63, 3.8) is 0 Å². The van der Waals surface area contributed by atoms with Crippen LogP contribution in [-0.2, 0) is 4.79 Å². The molecule has 0 bridgehead atoms. The fourth-order valence-electron chi connectivity index (χ4n) is 2.87. The van der Waals surface area contributed by atoms with Crippen molar-refractivity contribution in [2.45, 2.75) is 40.5 Å². The second-order valence-corrected chi connectivity index (χ2v) is 6.29. The Morgan fingerprint density at radius 3 is 2.37 bits per heavy atom. The lowest BCUT2D eigenvalue weighted by molar-refractivity contribution is -0.116. The van der Waals surface area contributed by atoms with Gasteiger partial charge in [0, 0.05) is 6.42 Å². The highest BCUT2D eigenvalue weighted by molar-refractivity contribution is 5.99. The molecule has 1 aromatic carbocycles. The fraction of sp³-hybridized carbons (Fsp3) is 0.471. The Morgan fingerprint density at radius 1 is 1.11 bits per heavy atom. The van der Waals surface area contributed by atoms with Gasteiger partial charge in [0.2, 0.25) is 0 Å². The predicted molar refractivity (Wildman–Crippen MR) is 78.5 cm³/mol. The third-order valence-corrected chi connectivity index (χ3v) is 3.74. The van der Waals surface area contributed by atoms with E-state index in [1.54, 1.807) is 7.11 Å². The molecule has 0 saturated heterocycles. The maximum Gasteiger partial charge on any atom is 0.156 e. The van der Waals surface area contributed by atoms with E-state index in [0.29, 0.717) is 6.42 Å². The molecule has 2 rings (SSSR count). The summed E-state index contributed by atoms with van der Waals surface area (Å²) in [6, 6.07) is 4.19. The number of benzene rings is 1. The number of ketones is 1. The molecule has 0 spiro atoms. The summed E-state index contributed by atoms with van der Waals surface area (Å²) in [6.45, 7) is 8.43. The SMILES string of the molecule is COc1cc(C)c(C2=CC(=O)CC(C)(C)C2)cc1C. The van der Waals surface area contributed by atoms with Gasteiger partial charge in [0.25, 0.3) is 0 Å². The van der Waals surface area contributed by atoms with Crippen LogP contribution in [0.4, 0.5) is 0 Å². The lowest BCUT2D eigenvalue weighted by atomic mass is 9.74. The minimum absolute atomic E-state index is 0.0570. The summed E-state index contributed by atoms with van der Waals surface area (Å²) in [5.74, 6) is 1.14. The van der Waals surface area contributed by atoms with Crippen molar-refractivity contribution >= 4 is 11.4 Å². The molecule has 0 aromatic heterocycles. The fourth-order valence-corrected chi connectivity index (χ4v) is 2.87. The van der Waals surface area contributed by atoms with Gasteiger partial charge in [0.15, 0.2) is 5.78 Å². The minimum Gasteiger partial charge on any atom is -0.496 e. The van der Waals surface area contributed by atoms with Gasteiger partial charge >= 0.3 is 0 Å². The summed E-state index contributed by atoms with van der Waals surface area (Å²) in [6.07, 6.45) is 3.41. The maximum absolute atomic E-state index is 11.9. The molecule has 0 amide bonds. The summed E-state index contributed by atoms with van der Waals surface area (Å²) in [5, 5.41) is 0. The van der Waals surface area contributed by atoms with Crippen molar-refractivity contribution in [3.8, 4) is 5.75 Å². The van der Waals surface area contributed by atoms with Crippen molar-refractivity contribution in [2.24, 2.45) is 5.41 Å². The molecule has 0 heterocycles. The second kappa shape index (κ2) is 4.84. The molecule has 0 unspecified atom stereocenters. The van der Waals surface area contributed by atoms with Crippen LogP contribution in [-0.4, -0.2) is 12.9 Å². The average Bonchev–Trinajstić information content (AvgIpc) is 2.28. The summed E-state index contributed by atoms with van der Waals surface area (Å²) < 4.78 is 5.34. The number of ether oxygens (including phenoxy) is 1. The molecular weight excluding hydrogens is 236 g/mol. The Kier molecular flexibility index (Phi) is 3.53. The highest BCUT2D eigenvalue weighted by Gasteiger charge is 2.28. The van der Waals surface area contributed by atoms with Crippen LogP contribution in [0.3, 0.4) is 0 Å². The molecule has 2 heteroatoms. The monoisotopic (exact) mass is 258 g/mol. The lowest BCUT2D eigenvalue weighted by Crippen LogP contribution is -2.21. The zero-order valence-electron chi connectivity index (χ0n) is 12.5. The minimum atomic E-state index is 0.0570. The highest BCUT2D eigenvalue weighted by atomic mass is 16.5. The molecule has 1 aromatic rings. The molecule has 1 aliphatic rings. The van der Waals surface area contributed by atoms with E-state index in [9.17, 15) is 4.79 Å². The Bertz CT molecular complexity index is 551. The quantitative estimate of drug-likeness (QED) is 0.798. The van der Waals surface area contributed by atoms with Crippen LogP contribution in [0.5, 0.6) is 5.75 Å². The molecule has 0 aliphatic heterocycles.